The van der Waals surface area contributed by atoms with Gasteiger partial charge in [-0.05, 0) is 194 Å². The second kappa shape index (κ2) is 36.4. The molecule has 2 saturated carbocycles. The molecule has 0 atom stereocenters. The molecule has 8 heterocycles. The van der Waals surface area contributed by atoms with Gasteiger partial charge in [-0.25, -0.2) is 18.3 Å². The van der Waals surface area contributed by atoms with E-state index in [9.17, 15) is 0 Å². The molecule has 0 bridgehead atoms. The van der Waals surface area contributed by atoms with E-state index in [2.05, 4.69) is 451 Å². The Labute approximate surface area is 763 Å². The molecule has 2 aliphatic carbocycles. The molecule has 0 amide bonds. The molecule has 0 spiro atoms. The summed E-state index contributed by atoms with van der Waals surface area (Å²) >= 11 is 0. The number of aromatic nitrogens is 4. The van der Waals surface area contributed by atoms with Crippen molar-refractivity contribution in [2.45, 2.75) is 221 Å². The monoisotopic (exact) mass is 1680 g/mol. The van der Waals surface area contributed by atoms with Gasteiger partial charge in [-0.15, -0.1) is 0 Å². The summed E-state index contributed by atoms with van der Waals surface area (Å²) < 4.78 is 9.73. The average Bonchev–Trinajstić information content (AvgIpc) is 0.909. The number of nitrogens with zero attached hydrogens (tertiary/aromatic N) is 8. The highest BCUT2D eigenvalue weighted by Gasteiger charge is 2.46. The van der Waals surface area contributed by atoms with Crippen molar-refractivity contribution in [2.24, 2.45) is 61.7 Å². The van der Waals surface area contributed by atoms with Crippen LogP contribution < -0.4 is 82.4 Å². The van der Waals surface area contributed by atoms with Crippen molar-refractivity contribution in [1.29, 1.82) is 0 Å². The largest absolute Gasteiger partial charge is 0.407 e. The van der Waals surface area contributed by atoms with Gasteiger partial charge in [0.15, 0.2) is 22.4 Å². The topological polar surface area (TPSA) is 28.5 Å². The summed E-state index contributed by atoms with van der Waals surface area (Å²) in [6.45, 7) is 47.5. The second-order valence-corrected chi connectivity index (χ2v) is 43.3. The summed E-state index contributed by atoms with van der Waals surface area (Å²) in [5, 5.41) is 16.7. The number of fused-ring (bicyclic) bond motifs is 8. The Balaban J connectivity index is 0.000000131. The van der Waals surface area contributed by atoms with Crippen LogP contribution in [-0.2, 0) is 41.0 Å². The number of para-hydroxylation sites is 4. The number of hydrogen-bond donors (Lipinski definition) is 0. The highest BCUT2D eigenvalue weighted by Crippen LogP contribution is 2.40. The molecule has 6 aliphatic rings. The van der Waals surface area contributed by atoms with Crippen LogP contribution in [0.25, 0.3) is 88.3 Å². The zero-order valence-corrected chi connectivity index (χ0v) is 82.8. The fraction of sp³-hybridized carbons (Fsp3) is 0.409. The summed E-state index contributed by atoms with van der Waals surface area (Å²) in [6.07, 6.45) is 14.6. The van der Waals surface area contributed by atoms with Crippen LogP contribution >= 0.6 is 0 Å². The molecule has 0 unspecified atom stereocenters. The Morgan fingerprint density at radius 2 is 0.583 bits per heavy atom. The molecule has 0 N–H and O–H groups in total. The van der Waals surface area contributed by atoms with E-state index >= 15 is 0 Å². The maximum absolute atomic E-state index is 2.56. The fourth-order valence-corrected chi connectivity index (χ4v) is 24.2. The van der Waals surface area contributed by atoms with Gasteiger partial charge in [0.25, 0.3) is 0 Å². The lowest BCUT2D eigenvalue weighted by atomic mass is 9.48. The van der Waals surface area contributed by atoms with Crippen LogP contribution in [0.1, 0.15) is 230 Å². The van der Waals surface area contributed by atoms with E-state index in [0.29, 0.717) is 17.8 Å². The summed E-state index contributed by atoms with van der Waals surface area (Å²) in [6, 6.07) is 81.6. The maximum Gasteiger partial charge on any atom is 0.399 e. The maximum atomic E-state index is 2.56. The van der Waals surface area contributed by atoms with Crippen molar-refractivity contribution in [2.75, 3.05) is 28.2 Å². The molecule has 4 aromatic heterocycles. The van der Waals surface area contributed by atoms with Crippen LogP contribution in [0, 0.1) is 33.5 Å². The van der Waals surface area contributed by atoms with Gasteiger partial charge < -0.3 is 19.2 Å². The molecule has 127 heavy (non-hydrogen) atoms. The van der Waals surface area contributed by atoms with Crippen LogP contribution in [0.2, 0.25) is 0 Å². The fourth-order valence-electron chi connectivity index (χ4n) is 24.2. The Morgan fingerprint density at radius 1 is 0.315 bits per heavy atom. The van der Waals surface area contributed by atoms with E-state index in [1.807, 2.05) is 0 Å². The van der Waals surface area contributed by atoms with Gasteiger partial charge >= 0.3 is 27.4 Å². The molecule has 18 rings (SSSR count). The first-order chi connectivity index (χ1) is 60.3. The van der Waals surface area contributed by atoms with Crippen LogP contribution in [0.15, 0.2) is 218 Å². The van der Waals surface area contributed by atoms with E-state index in [1.165, 1.54) is 233 Å². The Morgan fingerprint density at radius 3 is 0.921 bits per heavy atom. The van der Waals surface area contributed by atoms with Crippen molar-refractivity contribution in [3.63, 3.8) is 0 Å². The molecule has 4 aliphatic heterocycles. The van der Waals surface area contributed by atoms with E-state index < -0.39 is 0 Å². The Kier molecular flexibility index (Phi) is 26.2. The van der Waals surface area contributed by atoms with Gasteiger partial charge in [0.2, 0.25) is 22.1 Å². The summed E-state index contributed by atoms with van der Waals surface area (Å²) in [4.78, 5) is 10.2. The molecule has 8 nitrogen and oxygen atoms in total. The van der Waals surface area contributed by atoms with E-state index in [4.69, 9.17) is 0 Å². The van der Waals surface area contributed by atoms with Crippen molar-refractivity contribution >= 4 is 138 Å². The molecule has 654 valence electrons. The highest BCUT2D eigenvalue weighted by atomic mass is 15.1. The molecule has 0 saturated heterocycles. The van der Waals surface area contributed by atoms with Crippen molar-refractivity contribution in [3.8, 4) is 0 Å². The molecule has 12 aromatic rings. The average molecular weight is 1680 g/mol. The van der Waals surface area contributed by atoms with Crippen molar-refractivity contribution in [3.05, 3.63) is 282 Å². The smallest absolute Gasteiger partial charge is 0.399 e. The Bertz CT molecular complexity index is 6800. The van der Waals surface area contributed by atoms with Gasteiger partial charge in [-0.3, -0.25) is 0 Å². The lowest BCUT2D eigenvalue weighted by Crippen LogP contribution is -2.65. The predicted molar refractivity (Wildman–Crippen MR) is 548 cm³/mol. The molecule has 12 heteroatoms. The third kappa shape index (κ3) is 17.5. The second-order valence-electron chi connectivity index (χ2n) is 43.3. The highest BCUT2D eigenvalue weighted by molar-refractivity contribution is 6.87. The third-order valence-corrected chi connectivity index (χ3v) is 29.4. The summed E-state index contributed by atoms with van der Waals surface area (Å²) in [7, 11) is 18.1. The van der Waals surface area contributed by atoms with E-state index in [1.54, 1.807) is 5.56 Å². The van der Waals surface area contributed by atoms with Gasteiger partial charge in [-0.1, -0.05) is 323 Å². The molecular formula is C115H146B4N8+4. The van der Waals surface area contributed by atoms with Gasteiger partial charge in [0, 0.05) is 115 Å². The van der Waals surface area contributed by atoms with Gasteiger partial charge in [0.05, 0.1) is 0 Å². The summed E-state index contributed by atoms with van der Waals surface area (Å²) in [5.74, 6) is 2.61. The van der Waals surface area contributed by atoms with Crippen LogP contribution in [0.5, 0.6) is 0 Å². The number of pyridine rings is 4. The molecule has 0 radical (unpaired) electrons. The standard InChI is InChI=1S/C31H40BN2.C29H36BN2.C28H36BN2.C27H34BN2/c1-22-25-16-10-11-18-27(25)30(31(2,3)4)34(6)32(22)29-21-24(20-23-14-8-7-9-15-23)26-17-12-13-19-28(26)33(29)5;1-20-22-15-9-10-17-24(22)28(29(2,3)4)32(6)30(20)27-19-25(21-13-7-8-14-21)23-16-11-12-18-26(23)31(27)5;1-19(2)17-21-18-26(30(7)25-16-12-11-14-23(21)25)29-20(3)22-13-9-10-15-24(22)27(31(29)8)28(4,5)6;1-18(2)23-17-25(29(7)24-16-12-11-14-21(23)24)28-19(3)20-13-9-10-15-22(20)26(30(28)8)27(4,5)6/h10-13,16-19,21,23H,7-9,14-15,20H2,1-6H3;9-12,15-19,21H,7-8,13-14H2,1-6H3;9-16,18-19H,17H2,1-8H3;9-18H,1-8H3/q4*+1. The van der Waals surface area contributed by atoms with Crippen LogP contribution in [0.4, 0.5) is 0 Å². The number of hydrogen-bond acceptors (Lipinski definition) is 4. The minimum atomic E-state index is 0.0555. The third-order valence-electron chi connectivity index (χ3n) is 29.4. The normalized spacial score (nSPS) is 16.1. The lowest BCUT2D eigenvalue weighted by Gasteiger charge is -2.39. The number of aryl methyl sites for hydroxylation is 4. The molecule has 2 fully saturated rings. The zero-order valence-electron chi connectivity index (χ0n) is 82.8. The minimum absolute atomic E-state index is 0.0555. The zero-order chi connectivity index (χ0) is 90.9. The lowest BCUT2D eigenvalue weighted by molar-refractivity contribution is -0.627. The summed E-state index contributed by atoms with van der Waals surface area (Å²) in [5.41, 5.74) is 28.5. The Hall–Kier alpha value is -10.2. The van der Waals surface area contributed by atoms with Crippen LogP contribution in [0.3, 0.4) is 0 Å². The minimum Gasteiger partial charge on any atom is -0.407 e. The van der Waals surface area contributed by atoms with E-state index in [0.717, 1.165) is 12.3 Å². The van der Waals surface area contributed by atoms with Gasteiger partial charge in [-0.2, -0.15) is 0 Å². The number of benzene rings is 8. The van der Waals surface area contributed by atoms with E-state index in [-0.39, 0.29) is 49.1 Å². The SMILES string of the molecule is CC1=c2ccccc2=C(C(C)(C)C)N(C)B1c1cc(C(C)C)c2ccccc2[n+]1C.CC1=c2ccccc2=C(C(C)(C)C)N(C)B1c1cc(C2CCCC2)c2ccccc2[n+]1C.CC1=c2ccccc2=C(C(C)(C)C)N(C)B1c1cc(CC(C)C)c2ccccc2[n+]1C.CC1=c2ccccc2=C(C(C)(C)C)N(C)B1c1cc(CC2CCCCC2)c2ccccc2[n+]1C. The molecular weight excluding hydrogens is 1540 g/mol. The molecule has 8 aromatic carbocycles. The van der Waals surface area contributed by atoms with Crippen LogP contribution in [-0.4, -0.2) is 74.8 Å². The van der Waals surface area contributed by atoms with Crippen molar-refractivity contribution in [1.82, 2.24) is 19.2 Å². The first kappa shape index (κ1) is 91.6. The van der Waals surface area contributed by atoms with Crippen molar-refractivity contribution < 1.29 is 18.3 Å². The quantitative estimate of drug-likeness (QED) is 0.101. The first-order valence-corrected chi connectivity index (χ1v) is 48.1. The predicted octanol–water partition coefficient (Wildman–Crippen LogP) is 15.6. The number of rotatable bonds is 10. The first-order valence-electron chi connectivity index (χ1n) is 48.1. The van der Waals surface area contributed by atoms with Gasteiger partial charge in [0.1, 0.15) is 28.2 Å².